The second-order valence-electron chi connectivity index (χ2n) is 3.84. The molecule has 0 saturated carbocycles. The van der Waals surface area contributed by atoms with Crippen LogP contribution in [0.2, 0.25) is 0 Å². The van der Waals surface area contributed by atoms with Gasteiger partial charge in [0.15, 0.2) is 0 Å². The number of carbonyl (C=O) groups is 1. The Morgan fingerprint density at radius 1 is 1.30 bits per heavy atom. The smallest absolute Gasteiger partial charge is 0.338 e. The lowest BCUT2D eigenvalue weighted by atomic mass is 10.1. The van der Waals surface area contributed by atoms with E-state index in [0.717, 1.165) is 6.20 Å². The second-order valence-corrected chi connectivity index (χ2v) is 3.84. The van der Waals surface area contributed by atoms with Gasteiger partial charge in [0.25, 0.3) is 0 Å². The van der Waals surface area contributed by atoms with E-state index in [-0.39, 0.29) is 0 Å². The molecule has 0 aliphatic rings. The van der Waals surface area contributed by atoms with Crippen molar-refractivity contribution in [2.45, 2.75) is 0 Å². The lowest BCUT2D eigenvalue weighted by Crippen LogP contribution is -2.02. The Hall–Kier alpha value is -2.89. The molecule has 0 aliphatic heterocycles. The maximum atomic E-state index is 11.7. The molecule has 0 aliphatic carbocycles. The number of hydrogen-bond acceptors (Lipinski definition) is 5. The van der Waals surface area contributed by atoms with Crippen LogP contribution in [0.25, 0.3) is 17.4 Å². The first-order valence-electron chi connectivity index (χ1n) is 5.71. The number of hydrogen-bond donors (Lipinski definition) is 0. The third-order valence-corrected chi connectivity index (χ3v) is 2.59. The number of nitro groups is 1. The quantitative estimate of drug-likeness (QED) is 0.486. The average Bonchev–Trinajstić information content (AvgIpc) is 2.93. The van der Waals surface area contributed by atoms with Crippen LogP contribution in [0, 0.1) is 10.1 Å². The van der Waals surface area contributed by atoms with E-state index in [0.29, 0.717) is 22.6 Å². The normalized spacial score (nSPS) is 10.7. The van der Waals surface area contributed by atoms with Crippen LogP contribution in [0.4, 0.5) is 0 Å². The lowest BCUT2D eigenvalue weighted by Gasteiger charge is -2.04. The number of nitrogens with zero attached hydrogens (tertiary/aromatic N) is 1. The molecule has 0 unspecified atom stereocenters. The highest BCUT2D eigenvalue weighted by molar-refractivity contribution is 5.96. The molecule has 6 heteroatoms. The zero-order valence-electron chi connectivity index (χ0n) is 10.6. The van der Waals surface area contributed by atoms with E-state index in [9.17, 15) is 14.9 Å². The van der Waals surface area contributed by atoms with Crippen LogP contribution in [-0.4, -0.2) is 18.0 Å². The predicted octanol–water partition coefficient (Wildman–Crippen LogP) is 2.98. The Morgan fingerprint density at radius 2 is 2.05 bits per heavy atom. The van der Waals surface area contributed by atoms with Gasteiger partial charge in [0.1, 0.15) is 11.5 Å². The number of benzene rings is 1. The first-order valence-corrected chi connectivity index (χ1v) is 5.71. The van der Waals surface area contributed by atoms with Gasteiger partial charge in [0.2, 0.25) is 6.20 Å². The van der Waals surface area contributed by atoms with Crippen molar-refractivity contribution >= 4 is 12.0 Å². The van der Waals surface area contributed by atoms with Crippen LogP contribution in [0.15, 0.2) is 47.0 Å². The molecule has 1 heterocycles. The van der Waals surface area contributed by atoms with Crippen molar-refractivity contribution in [2.75, 3.05) is 7.11 Å². The molecule has 20 heavy (non-hydrogen) atoms. The Labute approximate surface area is 114 Å². The van der Waals surface area contributed by atoms with E-state index >= 15 is 0 Å². The fourth-order valence-corrected chi connectivity index (χ4v) is 1.71. The van der Waals surface area contributed by atoms with Crippen LogP contribution < -0.4 is 0 Å². The SMILES string of the molecule is COC(=O)c1ccccc1-c1ccc(/C=C/[N+](=O)[O-])o1. The van der Waals surface area contributed by atoms with Gasteiger partial charge in [-0.3, -0.25) is 10.1 Å². The third kappa shape index (κ3) is 2.92. The molecule has 0 bridgehead atoms. The van der Waals surface area contributed by atoms with Gasteiger partial charge in [-0.1, -0.05) is 18.2 Å². The third-order valence-electron chi connectivity index (χ3n) is 2.59. The molecular formula is C14H11NO5. The molecule has 2 aromatic rings. The van der Waals surface area contributed by atoms with Crippen molar-refractivity contribution in [1.29, 1.82) is 0 Å². The highest BCUT2D eigenvalue weighted by Gasteiger charge is 2.14. The maximum Gasteiger partial charge on any atom is 0.338 e. The van der Waals surface area contributed by atoms with E-state index in [4.69, 9.17) is 9.15 Å². The summed E-state index contributed by atoms with van der Waals surface area (Å²) in [4.78, 5) is 21.3. The molecule has 2 rings (SSSR count). The minimum atomic E-state index is -0.579. The van der Waals surface area contributed by atoms with E-state index in [1.54, 1.807) is 36.4 Å². The van der Waals surface area contributed by atoms with E-state index < -0.39 is 10.9 Å². The molecule has 0 atom stereocenters. The van der Waals surface area contributed by atoms with Crippen molar-refractivity contribution in [3.8, 4) is 11.3 Å². The van der Waals surface area contributed by atoms with Crippen molar-refractivity contribution < 1.29 is 18.9 Å². The summed E-state index contributed by atoms with van der Waals surface area (Å²) < 4.78 is 10.2. The Bertz CT molecular complexity index is 672. The number of rotatable bonds is 4. The maximum absolute atomic E-state index is 11.7. The zero-order valence-corrected chi connectivity index (χ0v) is 10.6. The number of esters is 1. The Balaban J connectivity index is 2.38. The summed E-state index contributed by atoms with van der Waals surface area (Å²) in [6.07, 6.45) is 2.03. The molecule has 102 valence electrons. The summed E-state index contributed by atoms with van der Waals surface area (Å²) in [6, 6.07) is 10.0. The van der Waals surface area contributed by atoms with E-state index in [2.05, 4.69) is 0 Å². The molecule has 0 radical (unpaired) electrons. The minimum absolute atomic E-state index is 0.330. The van der Waals surface area contributed by atoms with Gasteiger partial charge in [-0.15, -0.1) is 0 Å². The first-order chi connectivity index (χ1) is 9.61. The lowest BCUT2D eigenvalue weighted by molar-refractivity contribution is -0.401. The summed E-state index contributed by atoms with van der Waals surface area (Å²) >= 11 is 0. The summed E-state index contributed by atoms with van der Waals surface area (Å²) in [5.41, 5.74) is 0.939. The Morgan fingerprint density at radius 3 is 2.75 bits per heavy atom. The van der Waals surface area contributed by atoms with Crippen LogP contribution in [0.5, 0.6) is 0 Å². The molecule has 0 N–H and O–H groups in total. The molecule has 6 nitrogen and oxygen atoms in total. The van der Waals surface area contributed by atoms with Crippen molar-refractivity contribution in [3.05, 3.63) is 64.0 Å². The highest BCUT2D eigenvalue weighted by Crippen LogP contribution is 2.26. The van der Waals surface area contributed by atoms with Gasteiger partial charge in [0, 0.05) is 5.56 Å². The summed E-state index contributed by atoms with van der Waals surface area (Å²) in [6.45, 7) is 0. The molecule has 0 spiro atoms. The molecule has 1 aromatic heterocycles. The highest BCUT2D eigenvalue weighted by atomic mass is 16.6. The van der Waals surface area contributed by atoms with Crippen LogP contribution >= 0.6 is 0 Å². The average molecular weight is 273 g/mol. The number of furan rings is 1. The Kier molecular flexibility index (Phi) is 3.95. The monoisotopic (exact) mass is 273 g/mol. The summed E-state index contributed by atoms with van der Waals surface area (Å²) in [5, 5.41) is 10.2. The number of methoxy groups -OCH3 is 1. The summed E-state index contributed by atoms with van der Waals surface area (Å²) in [7, 11) is 1.30. The zero-order chi connectivity index (χ0) is 14.5. The number of carbonyl (C=O) groups excluding carboxylic acids is 1. The largest absolute Gasteiger partial charge is 0.465 e. The number of ether oxygens (including phenoxy) is 1. The fraction of sp³-hybridized carbons (Fsp3) is 0.0714. The first kappa shape index (κ1) is 13.5. The van der Waals surface area contributed by atoms with Crippen molar-refractivity contribution in [1.82, 2.24) is 0 Å². The van der Waals surface area contributed by atoms with Gasteiger partial charge in [-0.25, -0.2) is 4.79 Å². The van der Waals surface area contributed by atoms with Gasteiger partial charge < -0.3 is 9.15 Å². The molecule has 0 saturated heterocycles. The fourth-order valence-electron chi connectivity index (χ4n) is 1.71. The van der Waals surface area contributed by atoms with E-state index in [1.807, 2.05) is 0 Å². The van der Waals surface area contributed by atoms with Crippen LogP contribution in [0.3, 0.4) is 0 Å². The molecular weight excluding hydrogens is 262 g/mol. The van der Waals surface area contributed by atoms with Gasteiger partial charge in [-0.2, -0.15) is 0 Å². The van der Waals surface area contributed by atoms with Crippen molar-refractivity contribution in [2.24, 2.45) is 0 Å². The molecule has 0 fully saturated rings. The predicted molar refractivity (Wildman–Crippen MR) is 71.5 cm³/mol. The summed E-state index contributed by atoms with van der Waals surface area (Å²) in [5.74, 6) is 0.296. The molecule has 0 amide bonds. The van der Waals surface area contributed by atoms with Crippen LogP contribution in [-0.2, 0) is 4.74 Å². The minimum Gasteiger partial charge on any atom is -0.465 e. The van der Waals surface area contributed by atoms with E-state index in [1.165, 1.54) is 13.2 Å². The van der Waals surface area contributed by atoms with Crippen LogP contribution in [0.1, 0.15) is 16.1 Å². The van der Waals surface area contributed by atoms with Gasteiger partial charge in [-0.05, 0) is 18.2 Å². The standard InChI is InChI=1S/C14H11NO5/c1-19-14(16)12-5-3-2-4-11(12)13-7-6-10(20-13)8-9-15(17)18/h2-9H,1H3/b9-8+. The van der Waals surface area contributed by atoms with Gasteiger partial charge >= 0.3 is 5.97 Å². The second kappa shape index (κ2) is 5.83. The van der Waals surface area contributed by atoms with Crippen molar-refractivity contribution in [3.63, 3.8) is 0 Å². The topological polar surface area (TPSA) is 82.6 Å². The van der Waals surface area contributed by atoms with Gasteiger partial charge in [0.05, 0.1) is 23.7 Å². The molecule has 1 aromatic carbocycles.